The lowest BCUT2D eigenvalue weighted by atomic mass is 9.89. The highest BCUT2D eigenvalue weighted by molar-refractivity contribution is 7.14. The number of carbonyl (C=O) groups excluding carboxylic acids is 2. The van der Waals surface area contributed by atoms with Crippen LogP contribution in [0.1, 0.15) is 28.9 Å². The average molecular weight is 344 g/mol. The molecule has 3 N–H and O–H groups in total. The number of aromatic nitrogens is 1. The van der Waals surface area contributed by atoms with Gasteiger partial charge in [-0.2, -0.15) is 0 Å². The Hall–Kier alpha value is -2.25. The molecule has 3 rings (SSSR count). The first-order valence-electron chi connectivity index (χ1n) is 7.86. The van der Waals surface area contributed by atoms with Crippen LogP contribution in [-0.2, 0) is 4.79 Å². The van der Waals surface area contributed by atoms with Gasteiger partial charge in [-0.05, 0) is 18.0 Å². The van der Waals surface area contributed by atoms with Gasteiger partial charge in [-0.1, -0.05) is 30.3 Å². The summed E-state index contributed by atoms with van der Waals surface area (Å²) in [6.07, 6.45) is 0. The lowest BCUT2D eigenvalue weighted by Crippen LogP contribution is -2.30. The summed E-state index contributed by atoms with van der Waals surface area (Å²) < 4.78 is 0. The number of hydrogen-bond acceptors (Lipinski definition) is 5. The molecule has 2 atom stereocenters. The van der Waals surface area contributed by atoms with Crippen LogP contribution >= 0.6 is 11.3 Å². The highest BCUT2D eigenvalue weighted by Crippen LogP contribution is 2.33. The number of carbonyl (C=O) groups is 2. The number of thiazole rings is 1. The number of nitrogens with zero attached hydrogens (tertiary/aromatic N) is 2. The van der Waals surface area contributed by atoms with Gasteiger partial charge in [0.05, 0.1) is 0 Å². The Morgan fingerprint density at radius 1 is 1.33 bits per heavy atom. The van der Waals surface area contributed by atoms with E-state index in [1.165, 1.54) is 23.8 Å². The van der Waals surface area contributed by atoms with Crippen LogP contribution in [0, 0.1) is 5.92 Å². The fourth-order valence-electron chi connectivity index (χ4n) is 3.10. The molecule has 1 aromatic carbocycles. The topological polar surface area (TPSA) is 88.3 Å². The Labute approximate surface area is 144 Å². The van der Waals surface area contributed by atoms with Crippen LogP contribution < -0.4 is 11.1 Å². The zero-order chi connectivity index (χ0) is 17.1. The molecule has 0 bridgehead atoms. The van der Waals surface area contributed by atoms with E-state index in [4.69, 9.17) is 5.73 Å². The first-order valence-corrected chi connectivity index (χ1v) is 8.74. The largest absolute Gasteiger partial charge is 0.336 e. The summed E-state index contributed by atoms with van der Waals surface area (Å²) in [5, 5.41) is 4.73. The summed E-state index contributed by atoms with van der Waals surface area (Å²) >= 11 is 1.25. The van der Waals surface area contributed by atoms with Gasteiger partial charge < -0.3 is 16.0 Å². The lowest BCUT2D eigenvalue weighted by molar-refractivity contribution is -0.114. The SMILES string of the molecule is CC(=O)Nc1nc(C(=O)N2C[C@@H](CN)[C@H](c3ccccc3)C2)cs1. The monoisotopic (exact) mass is 344 g/mol. The fourth-order valence-corrected chi connectivity index (χ4v) is 3.83. The maximum absolute atomic E-state index is 12.7. The molecule has 1 aliphatic heterocycles. The smallest absolute Gasteiger partial charge is 0.273 e. The van der Waals surface area contributed by atoms with E-state index in [1.54, 1.807) is 5.38 Å². The van der Waals surface area contributed by atoms with E-state index >= 15 is 0 Å². The third-order valence-corrected chi connectivity index (χ3v) is 5.02. The van der Waals surface area contributed by atoms with Crippen LogP contribution in [0.2, 0.25) is 0 Å². The second-order valence-corrected chi connectivity index (χ2v) is 6.80. The first-order chi connectivity index (χ1) is 11.6. The van der Waals surface area contributed by atoms with Gasteiger partial charge in [-0.3, -0.25) is 9.59 Å². The minimum absolute atomic E-state index is 0.111. The van der Waals surface area contributed by atoms with E-state index in [1.807, 2.05) is 23.1 Å². The summed E-state index contributed by atoms with van der Waals surface area (Å²) in [4.78, 5) is 29.8. The molecule has 0 spiro atoms. The van der Waals surface area contributed by atoms with Gasteiger partial charge in [0.15, 0.2) is 5.13 Å². The quantitative estimate of drug-likeness (QED) is 0.887. The van der Waals surface area contributed by atoms with Crippen LogP contribution in [0.5, 0.6) is 0 Å². The molecular formula is C17H20N4O2S. The van der Waals surface area contributed by atoms with Crippen LogP contribution in [0.15, 0.2) is 35.7 Å². The average Bonchev–Trinajstić information content (AvgIpc) is 3.21. The molecule has 1 saturated heterocycles. The number of rotatable bonds is 4. The maximum atomic E-state index is 12.7. The molecule has 2 aromatic rings. The van der Waals surface area contributed by atoms with E-state index < -0.39 is 0 Å². The second kappa shape index (κ2) is 7.11. The molecule has 0 aliphatic carbocycles. The highest BCUT2D eigenvalue weighted by Gasteiger charge is 2.36. The molecular weight excluding hydrogens is 324 g/mol. The number of likely N-dealkylation sites (tertiary alicyclic amines) is 1. The molecule has 1 aliphatic rings. The van der Waals surface area contributed by atoms with Gasteiger partial charge in [0.2, 0.25) is 5.91 Å². The number of benzene rings is 1. The molecule has 0 radical (unpaired) electrons. The van der Waals surface area contributed by atoms with Gasteiger partial charge in [0, 0.05) is 31.3 Å². The van der Waals surface area contributed by atoms with Crippen molar-refractivity contribution in [2.24, 2.45) is 11.7 Å². The van der Waals surface area contributed by atoms with E-state index in [-0.39, 0.29) is 23.7 Å². The molecule has 7 heteroatoms. The Kier molecular flexibility index (Phi) is 4.92. The van der Waals surface area contributed by atoms with Crippen LogP contribution in [0.3, 0.4) is 0 Å². The lowest BCUT2D eigenvalue weighted by Gasteiger charge is -2.16. The molecule has 126 valence electrons. The molecule has 0 saturated carbocycles. The van der Waals surface area contributed by atoms with Gasteiger partial charge >= 0.3 is 0 Å². The van der Waals surface area contributed by atoms with Crippen molar-refractivity contribution in [3.8, 4) is 0 Å². The predicted molar refractivity (Wildman–Crippen MR) is 94.0 cm³/mol. The fraction of sp³-hybridized carbons (Fsp3) is 0.353. The Balaban J connectivity index is 1.74. The van der Waals surface area contributed by atoms with E-state index in [9.17, 15) is 9.59 Å². The van der Waals surface area contributed by atoms with Gasteiger partial charge in [-0.15, -0.1) is 11.3 Å². The Morgan fingerprint density at radius 3 is 2.75 bits per heavy atom. The van der Waals surface area contributed by atoms with Crippen LogP contribution in [-0.4, -0.2) is 41.3 Å². The van der Waals surface area contributed by atoms with Crippen molar-refractivity contribution in [1.29, 1.82) is 0 Å². The molecule has 0 unspecified atom stereocenters. The third-order valence-electron chi connectivity index (χ3n) is 4.26. The summed E-state index contributed by atoms with van der Waals surface area (Å²) in [5.74, 6) is 0.176. The second-order valence-electron chi connectivity index (χ2n) is 5.94. The number of hydrogen-bond donors (Lipinski definition) is 2. The first kappa shape index (κ1) is 16.6. The summed E-state index contributed by atoms with van der Waals surface area (Å²) in [6.45, 7) is 3.22. The minimum atomic E-state index is -0.197. The van der Waals surface area contributed by atoms with E-state index in [2.05, 4.69) is 22.4 Å². The molecule has 1 fully saturated rings. The normalized spacial score (nSPS) is 20.2. The van der Waals surface area contributed by atoms with Gasteiger partial charge in [0.1, 0.15) is 5.69 Å². The Bertz CT molecular complexity index is 731. The number of anilines is 1. The zero-order valence-electron chi connectivity index (χ0n) is 13.4. The van der Waals surface area contributed by atoms with E-state index in [0.29, 0.717) is 30.5 Å². The minimum Gasteiger partial charge on any atom is -0.336 e. The molecule has 2 amide bonds. The molecule has 24 heavy (non-hydrogen) atoms. The number of nitrogens with one attached hydrogen (secondary N) is 1. The standard InChI is InChI=1S/C17H20N4O2S/c1-11(22)19-17-20-15(10-24-17)16(23)21-8-13(7-18)14(9-21)12-5-3-2-4-6-12/h2-6,10,13-14H,7-9,18H2,1H3,(H,19,20,22)/t13-,14+/m1/s1. The van der Waals surface area contributed by atoms with Gasteiger partial charge in [0.25, 0.3) is 5.91 Å². The van der Waals surface area contributed by atoms with Crippen LogP contribution in [0.25, 0.3) is 0 Å². The summed E-state index contributed by atoms with van der Waals surface area (Å²) in [5.41, 5.74) is 7.50. The van der Waals surface area contributed by atoms with Crippen molar-refractivity contribution >= 4 is 28.3 Å². The third kappa shape index (κ3) is 3.47. The highest BCUT2D eigenvalue weighted by atomic mass is 32.1. The van der Waals surface area contributed by atoms with Crippen molar-refractivity contribution in [1.82, 2.24) is 9.88 Å². The summed E-state index contributed by atoms with van der Waals surface area (Å²) in [7, 11) is 0. The zero-order valence-corrected chi connectivity index (χ0v) is 14.3. The molecule has 1 aromatic heterocycles. The van der Waals surface area contributed by atoms with Crippen molar-refractivity contribution in [3.05, 3.63) is 47.0 Å². The number of nitrogens with two attached hydrogens (primary N) is 1. The van der Waals surface area contributed by atoms with E-state index in [0.717, 1.165) is 0 Å². The Morgan fingerprint density at radius 2 is 2.08 bits per heavy atom. The molecule has 2 heterocycles. The summed E-state index contributed by atoms with van der Waals surface area (Å²) in [6, 6.07) is 10.2. The maximum Gasteiger partial charge on any atom is 0.273 e. The van der Waals surface area contributed by atoms with Crippen LogP contribution in [0.4, 0.5) is 5.13 Å². The number of amides is 2. The van der Waals surface area contributed by atoms with Crippen molar-refractivity contribution in [2.45, 2.75) is 12.8 Å². The van der Waals surface area contributed by atoms with Crippen molar-refractivity contribution in [3.63, 3.8) is 0 Å². The predicted octanol–water partition coefficient (Wildman–Crippen LogP) is 1.92. The molecule has 6 nitrogen and oxygen atoms in total. The van der Waals surface area contributed by atoms with Crippen molar-refractivity contribution in [2.75, 3.05) is 25.0 Å². The van der Waals surface area contributed by atoms with Crippen molar-refractivity contribution < 1.29 is 9.59 Å². The van der Waals surface area contributed by atoms with Gasteiger partial charge in [-0.25, -0.2) is 4.98 Å².